The van der Waals surface area contributed by atoms with Crippen LogP contribution >= 0.6 is 0 Å². The minimum atomic E-state index is -1.25. The predicted octanol–water partition coefficient (Wildman–Crippen LogP) is 2.47. The summed E-state index contributed by atoms with van der Waals surface area (Å²) in [4.78, 5) is 36.8. The summed E-state index contributed by atoms with van der Waals surface area (Å²) < 4.78 is 5.26. The number of Topliss-reactive ketones (excluding diaryl/α,β-unsaturated/α-hetero) is 1. The smallest absolute Gasteiger partial charge is 0.415 e. The zero-order valence-corrected chi connectivity index (χ0v) is 12.1. The molecule has 0 spiro atoms. The number of rotatable bonds is 1. The minimum absolute atomic E-state index is 0.258. The summed E-state index contributed by atoms with van der Waals surface area (Å²) in [7, 11) is 0. The van der Waals surface area contributed by atoms with Gasteiger partial charge in [-0.2, -0.15) is 0 Å². The van der Waals surface area contributed by atoms with Crippen molar-refractivity contribution < 1.29 is 24.2 Å². The second-order valence-electron chi connectivity index (χ2n) is 5.85. The lowest BCUT2D eigenvalue weighted by atomic mass is 9.95. The summed E-state index contributed by atoms with van der Waals surface area (Å²) in [6, 6.07) is 5.19. The Balaban J connectivity index is 2.47. The molecule has 0 unspecified atom stereocenters. The molecule has 1 amide bonds. The van der Waals surface area contributed by atoms with Gasteiger partial charge in [0.15, 0.2) is 5.78 Å². The molecule has 6 heteroatoms. The molecule has 0 bridgehead atoms. The molecular weight excluding hydrogens is 274 g/mol. The number of para-hydroxylation sites is 1. The first-order valence-corrected chi connectivity index (χ1v) is 6.58. The second-order valence-corrected chi connectivity index (χ2v) is 5.85. The Kier molecular flexibility index (Phi) is 3.72. The fourth-order valence-corrected chi connectivity index (χ4v) is 2.20. The van der Waals surface area contributed by atoms with Crippen molar-refractivity contribution in [1.29, 1.82) is 0 Å². The van der Waals surface area contributed by atoms with E-state index in [0.29, 0.717) is 5.56 Å². The lowest BCUT2D eigenvalue weighted by Crippen LogP contribution is -2.51. The van der Waals surface area contributed by atoms with E-state index in [1.165, 1.54) is 0 Å². The van der Waals surface area contributed by atoms with Crippen molar-refractivity contribution in [3.8, 4) is 0 Å². The summed E-state index contributed by atoms with van der Waals surface area (Å²) in [5.74, 6) is -1.53. The summed E-state index contributed by atoms with van der Waals surface area (Å²) in [6.45, 7) is 5.09. The molecule has 1 aromatic rings. The molecule has 21 heavy (non-hydrogen) atoms. The van der Waals surface area contributed by atoms with Crippen LogP contribution in [0.1, 0.15) is 37.6 Å². The number of hydrogen-bond acceptors (Lipinski definition) is 4. The van der Waals surface area contributed by atoms with Gasteiger partial charge in [0.1, 0.15) is 11.6 Å². The van der Waals surface area contributed by atoms with Gasteiger partial charge in [0.2, 0.25) is 0 Å². The van der Waals surface area contributed by atoms with Crippen LogP contribution in [0.25, 0.3) is 0 Å². The van der Waals surface area contributed by atoms with Crippen molar-refractivity contribution in [2.75, 3.05) is 4.90 Å². The standard InChI is InChI=1S/C15H17NO5/c1-15(2,3)21-14(20)16-10-7-5-4-6-9(10)12(17)8-11(16)13(18)19/h4-7,11H,8H2,1-3H3,(H,18,19)/t11-/m0/s1. The molecule has 0 aliphatic carbocycles. The van der Waals surface area contributed by atoms with Crippen LogP contribution in [0.3, 0.4) is 0 Å². The zero-order chi connectivity index (χ0) is 15.8. The number of benzene rings is 1. The molecule has 0 aromatic heterocycles. The Morgan fingerprint density at radius 1 is 1.29 bits per heavy atom. The van der Waals surface area contributed by atoms with E-state index in [2.05, 4.69) is 0 Å². The molecule has 112 valence electrons. The van der Waals surface area contributed by atoms with E-state index in [1.54, 1.807) is 45.0 Å². The van der Waals surface area contributed by atoms with Crippen LogP contribution in [-0.4, -0.2) is 34.6 Å². The van der Waals surface area contributed by atoms with Gasteiger partial charge in [-0.25, -0.2) is 9.59 Å². The molecule has 0 saturated heterocycles. The Morgan fingerprint density at radius 2 is 1.90 bits per heavy atom. The van der Waals surface area contributed by atoms with Crippen LogP contribution < -0.4 is 4.90 Å². The van der Waals surface area contributed by atoms with E-state index >= 15 is 0 Å². The fraction of sp³-hybridized carbons (Fsp3) is 0.400. The first-order chi connectivity index (χ1) is 9.70. The zero-order valence-electron chi connectivity index (χ0n) is 12.1. The van der Waals surface area contributed by atoms with Gasteiger partial charge in [-0.3, -0.25) is 9.69 Å². The SMILES string of the molecule is CC(C)(C)OC(=O)N1c2ccccc2C(=O)C[C@H]1C(=O)O. The third-order valence-corrected chi connectivity index (χ3v) is 3.03. The van der Waals surface area contributed by atoms with Crippen LogP contribution in [-0.2, 0) is 9.53 Å². The molecule has 0 saturated carbocycles. The van der Waals surface area contributed by atoms with E-state index in [-0.39, 0.29) is 17.9 Å². The summed E-state index contributed by atoms with van der Waals surface area (Å²) in [5.41, 5.74) is -0.146. The summed E-state index contributed by atoms with van der Waals surface area (Å²) >= 11 is 0. The number of carbonyl (C=O) groups is 3. The highest BCUT2D eigenvalue weighted by atomic mass is 16.6. The monoisotopic (exact) mass is 291 g/mol. The maximum Gasteiger partial charge on any atom is 0.415 e. The third kappa shape index (κ3) is 3.04. The molecule has 0 radical (unpaired) electrons. The van der Waals surface area contributed by atoms with E-state index < -0.39 is 23.7 Å². The highest BCUT2D eigenvalue weighted by Crippen LogP contribution is 2.32. The Bertz CT molecular complexity index is 602. The molecule has 1 aliphatic heterocycles. The van der Waals surface area contributed by atoms with E-state index in [4.69, 9.17) is 4.74 Å². The van der Waals surface area contributed by atoms with Crippen molar-refractivity contribution in [3.05, 3.63) is 29.8 Å². The summed E-state index contributed by atoms with van der Waals surface area (Å²) in [5, 5.41) is 9.30. The van der Waals surface area contributed by atoms with E-state index in [9.17, 15) is 19.5 Å². The molecule has 0 fully saturated rings. The lowest BCUT2D eigenvalue weighted by Gasteiger charge is -2.35. The molecule has 1 N–H and O–H groups in total. The Morgan fingerprint density at radius 3 is 2.48 bits per heavy atom. The Labute approximate surface area is 122 Å². The number of carboxylic acid groups (broad SMARTS) is 1. The van der Waals surface area contributed by atoms with Gasteiger partial charge < -0.3 is 9.84 Å². The molecule has 6 nitrogen and oxygen atoms in total. The average Bonchev–Trinajstić information content (AvgIpc) is 2.36. The molecule has 2 rings (SSSR count). The van der Waals surface area contributed by atoms with Gasteiger partial charge >= 0.3 is 12.1 Å². The highest BCUT2D eigenvalue weighted by molar-refractivity contribution is 6.11. The van der Waals surface area contributed by atoms with E-state index in [1.807, 2.05) is 0 Å². The molecule has 1 atom stereocenters. The quantitative estimate of drug-likeness (QED) is 0.859. The number of ether oxygens (including phenoxy) is 1. The van der Waals surface area contributed by atoms with Gasteiger partial charge in [0, 0.05) is 12.0 Å². The van der Waals surface area contributed by atoms with Crippen LogP contribution in [0, 0.1) is 0 Å². The second kappa shape index (κ2) is 5.20. The molecule has 1 aliphatic rings. The van der Waals surface area contributed by atoms with Crippen molar-refractivity contribution >= 4 is 23.5 Å². The number of nitrogens with zero attached hydrogens (tertiary/aromatic N) is 1. The number of amides is 1. The average molecular weight is 291 g/mol. The number of fused-ring (bicyclic) bond motifs is 1. The van der Waals surface area contributed by atoms with Crippen molar-refractivity contribution in [2.45, 2.75) is 38.8 Å². The van der Waals surface area contributed by atoms with Crippen molar-refractivity contribution in [1.82, 2.24) is 0 Å². The first-order valence-electron chi connectivity index (χ1n) is 6.58. The van der Waals surface area contributed by atoms with Crippen LogP contribution in [0.5, 0.6) is 0 Å². The van der Waals surface area contributed by atoms with Crippen molar-refractivity contribution in [2.24, 2.45) is 0 Å². The third-order valence-electron chi connectivity index (χ3n) is 3.03. The van der Waals surface area contributed by atoms with Gasteiger partial charge in [0.05, 0.1) is 5.69 Å². The topological polar surface area (TPSA) is 83.9 Å². The number of carbonyl (C=O) groups excluding carboxylic acids is 2. The van der Waals surface area contributed by atoms with Gasteiger partial charge in [-0.1, -0.05) is 12.1 Å². The highest BCUT2D eigenvalue weighted by Gasteiger charge is 2.41. The molecular formula is C15H17NO5. The maximum atomic E-state index is 12.3. The van der Waals surface area contributed by atoms with Crippen molar-refractivity contribution in [3.63, 3.8) is 0 Å². The first kappa shape index (κ1) is 15.0. The Hall–Kier alpha value is -2.37. The normalized spacial score (nSPS) is 18.1. The minimum Gasteiger partial charge on any atom is -0.480 e. The van der Waals surface area contributed by atoms with Gasteiger partial charge in [-0.15, -0.1) is 0 Å². The summed E-state index contributed by atoms with van der Waals surface area (Å²) in [6.07, 6.45) is -1.03. The van der Waals surface area contributed by atoms with Gasteiger partial charge in [-0.05, 0) is 32.9 Å². The lowest BCUT2D eigenvalue weighted by molar-refractivity contribution is -0.138. The molecule has 1 aromatic carbocycles. The van der Waals surface area contributed by atoms with Crippen LogP contribution in [0.4, 0.5) is 10.5 Å². The largest absolute Gasteiger partial charge is 0.480 e. The van der Waals surface area contributed by atoms with Gasteiger partial charge in [0.25, 0.3) is 0 Å². The predicted molar refractivity (Wildman–Crippen MR) is 75.5 cm³/mol. The number of aliphatic carboxylic acids is 1. The maximum absolute atomic E-state index is 12.3. The van der Waals surface area contributed by atoms with E-state index in [0.717, 1.165) is 4.90 Å². The van der Waals surface area contributed by atoms with Crippen LogP contribution in [0.2, 0.25) is 0 Å². The number of anilines is 1. The number of hydrogen-bond donors (Lipinski definition) is 1. The number of carboxylic acids is 1. The fourth-order valence-electron chi connectivity index (χ4n) is 2.20. The van der Waals surface area contributed by atoms with Crippen LogP contribution in [0.15, 0.2) is 24.3 Å². The molecule has 1 heterocycles. The number of ketones is 1.